The van der Waals surface area contributed by atoms with Crippen molar-refractivity contribution in [2.75, 3.05) is 0 Å². The van der Waals surface area contributed by atoms with E-state index in [1.54, 1.807) is 0 Å². The van der Waals surface area contributed by atoms with Crippen LogP contribution in [0.2, 0.25) is 5.02 Å². The Morgan fingerprint density at radius 3 is 2.50 bits per heavy atom. The van der Waals surface area contributed by atoms with Crippen molar-refractivity contribution in [2.45, 2.75) is 12.4 Å². The van der Waals surface area contributed by atoms with Crippen molar-refractivity contribution in [2.24, 2.45) is 5.73 Å². The van der Waals surface area contributed by atoms with Crippen LogP contribution in [0.5, 0.6) is 5.75 Å². The third-order valence-electron chi connectivity index (χ3n) is 1.71. The molecule has 88 valence electrons. The zero-order chi connectivity index (χ0) is 12.3. The molecule has 0 radical (unpaired) electrons. The standard InChI is InChI=1S/C9H7ClF3NOS/c10-6-3-5(7(14)4-16)1-2-8(6)15-9(11,12)13/h1-4,7H,14H2. The minimum atomic E-state index is -4.77. The Kier molecular flexibility index (Phi) is 4.12. The number of thiocarbonyl (C=S) groups is 1. The van der Waals surface area contributed by atoms with Crippen LogP contribution in [0.3, 0.4) is 0 Å². The first-order valence-corrected chi connectivity index (χ1v) is 4.94. The maximum absolute atomic E-state index is 11.9. The fourth-order valence-corrected chi connectivity index (χ4v) is 1.40. The highest BCUT2D eigenvalue weighted by Crippen LogP contribution is 2.31. The summed E-state index contributed by atoms with van der Waals surface area (Å²) in [6.45, 7) is 0. The van der Waals surface area contributed by atoms with Crippen molar-refractivity contribution in [3.8, 4) is 5.75 Å². The highest BCUT2D eigenvalue weighted by atomic mass is 35.5. The van der Waals surface area contributed by atoms with E-state index in [2.05, 4.69) is 17.0 Å². The molecule has 0 aromatic heterocycles. The van der Waals surface area contributed by atoms with Gasteiger partial charge in [0.15, 0.2) is 0 Å². The number of alkyl halides is 3. The van der Waals surface area contributed by atoms with E-state index in [-0.39, 0.29) is 5.02 Å². The smallest absolute Gasteiger partial charge is 0.404 e. The summed E-state index contributed by atoms with van der Waals surface area (Å²) < 4.78 is 39.4. The second-order valence-corrected chi connectivity index (χ2v) is 3.58. The largest absolute Gasteiger partial charge is 0.573 e. The molecule has 7 heteroatoms. The predicted octanol–water partition coefficient (Wildman–Crippen LogP) is 3.24. The molecule has 0 spiro atoms. The lowest BCUT2D eigenvalue weighted by Crippen LogP contribution is -2.17. The molecule has 1 aromatic carbocycles. The second kappa shape index (κ2) is 4.99. The molecule has 1 rings (SSSR count). The first kappa shape index (κ1) is 13.2. The molecule has 0 amide bonds. The van der Waals surface area contributed by atoms with E-state index in [1.165, 1.54) is 17.5 Å². The van der Waals surface area contributed by atoms with Gasteiger partial charge in [-0.3, -0.25) is 0 Å². The Morgan fingerprint density at radius 1 is 1.44 bits per heavy atom. The number of hydrogen-bond acceptors (Lipinski definition) is 3. The monoisotopic (exact) mass is 269 g/mol. The Hall–Kier alpha value is -0.850. The van der Waals surface area contributed by atoms with Gasteiger partial charge in [-0.05, 0) is 17.7 Å². The molecule has 16 heavy (non-hydrogen) atoms. The van der Waals surface area contributed by atoms with Crippen molar-refractivity contribution >= 4 is 29.2 Å². The van der Waals surface area contributed by atoms with Crippen LogP contribution < -0.4 is 10.5 Å². The SMILES string of the molecule is NC(C=S)c1ccc(OC(F)(F)F)c(Cl)c1. The van der Waals surface area contributed by atoms with Gasteiger partial charge < -0.3 is 10.5 Å². The zero-order valence-corrected chi connectivity index (χ0v) is 9.36. The predicted molar refractivity (Wildman–Crippen MR) is 58.7 cm³/mol. The molecular formula is C9H7ClF3NOS. The quantitative estimate of drug-likeness (QED) is 0.856. The average molecular weight is 270 g/mol. The molecule has 1 atom stereocenters. The Morgan fingerprint density at radius 2 is 2.06 bits per heavy atom. The highest BCUT2D eigenvalue weighted by molar-refractivity contribution is 7.79. The van der Waals surface area contributed by atoms with Crippen LogP contribution >= 0.6 is 23.8 Å². The number of nitrogens with two attached hydrogens (primary N) is 1. The lowest BCUT2D eigenvalue weighted by atomic mass is 10.1. The van der Waals surface area contributed by atoms with Crippen LogP contribution in [0.15, 0.2) is 18.2 Å². The summed E-state index contributed by atoms with van der Waals surface area (Å²) >= 11 is 10.2. The lowest BCUT2D eigenvalue weighted by molar-refractivity contribution is -0.274. The Bertz CT molecular complexity index is 397. The number of ether oxygens (including phenoxy) is 1. The minimum absolute atomic E-state index is 0.165. The number of halogens is 4. The van der Waals surface area contributed by atoms with Gasteiger partial charge in [0.1, 0.15) is 5.75 Å². The molecule has 1 aromatic rings. The van der Waals surface area contributed by atoms with Crippen LogP contribution in [0.1, 0.15) is 11.6 Å². The van der Waals surface area contributed by atoms with E-state index < -0.39 is 18.2 Å². The second-order valence-electron chi connectivity index (χ2n) is 2.90. The lowest BCUT2D eigenvalue weighted by Gasteiger charge is -2.12. The van der Waals surface area contributed by atoms with Gasteiger partial charge in [0, 0.05) is 5.37 Å². The van der Waals surface area contributed by atoms with Gasteiger partial charge in [0.25, 0.3) is 0 Å². The van der Waals surface area contributed by atoms with Crippen LogP contribution in [-0.4, -0.2) is 11.7 Å². The van der Waals surface area contributed by atoms with Gasteiger partial charge in [0.05, 0.1) is 11.1 Å². The first-order chi connectivity index (χ1) is 7.33. The first-order valence-electron chi connectivity index (χ1n) is 4.09. The molecule has 0 bridgehead atoms. The van der Waals surface area contributed by atoms with Crippen molar-refractivity contribution in [1.29, 1.82) is 0 Å². The summed E-state index contributed by atoms with van der Waals surface area (Å²) in [5, 5.41) is 1.12. The van der Waals surface area contributed by atoms with Crippen LogP contribution in [0.25, 0.3) is 0 Å². The zero-order valence-electron chi connectivity index (χ0n) is 7.79. The molecule has 0 heterocycles. The van der Waals surface area contributed by atoms with Gasteiger partial charge in [0.2, 0.25) is 0 Å². The third kappa shape index (κ3) is 3.62. The molecule has 2 N–H and O–H groups in total. The van der Waals surface area contributed by atoms with Crippen molar-refractivity contribution in [1.82, 2.24) is 0 Å². The van der Waals surface area contributed by atoms with Gasteiger partial charge in [-0.2, -0.15) is 0 Å². The average Bonchev–Trinajstić information content (AvgIpc) is 2.18. The molecule has 0 aliphatic rings. The summed E-state index contributed by atoms with van der Waals surface area (Å²) in [4.78, 5) is 0. The summed E-state index contributed by atoms with van der Waals surface area (Å²) in [6, 6.07) is 3.22. The molecule has 0 aliphatic heterocycles. The van der Waals surface area contributed by atoms with Gasteiger partial charge in [-0.15, -0.1) is 13.2 Å². The molecule has 2 nitrogen and oxygen atoms in total. The normalized spacial score (nSPS) is 13.3. The van der Waals surface area contributed by atoms with Crippen molar-refractivity contribution in [3.05, 3.63) is 28.8 Å². The van der Waals surface area contributed by atoms with Crippen molar-refractivity contribution in [3.63, 3.8) is 0 Å². The van der Waals surface area contributed by atoms with Crippen LogP contribution in [0.4, 0.5) is 13.2 Å². The van der Waals surface area contributed by atoms with E-state index in [1.807, 2.05) is 0 Å². The van der Waals surface area contributed by atoms with Gasteiger partial charge in [-0.1, -0.05) is 29.9 Å². The molecular weight excluding hydrogens is 263 g/mol. The maximum atomic E-state index is 11.9. The molecule has 0 saturated heterocycles. The molecule has 0 aliphatic carbocycles. The maximum Gasteiger partial charge on any atom is 0.573 e. The third-order valence-corrected chi connectivity index (χ3v) is 2.30. The number of benzene rings is 1. The van der Waals surface area contributed by atoms with Crippen LogP contribution in [-0.2, 0) is 0 Å². The van der Waals surface area contributed by atoms with Crippen LogP contribution in [0, 0.1) is 0 Å². The number of hydrogen-bond donors (Lipinski definition) is 1. The summed E-state index contributed by atoms with van der Waals surface area (Å²) in [7, 11) is 0. The molecule has 1 unspecified atom stereocenters. The Labute approximate surface area is 100 Å². The van der Waals surface area contributed by atoms with E-state index in [0.29, 0.717) is 5.56 Å². The van der Waals surface area contributed by atoms with Gasteiger partial charge >= 0.3 is 6.36 Å². The topological polar surface area (TPSA) is 35.2 Å². The van der Waals surface area contributed by atoms with E-state index in [9.17, 15) is 13.2 Å². The van der Waals surface area contributed by atoms with Gasteiger partial charge in [-0.25, -0.2) is 0 Å². The van der Waals surface area contributed by atoms with E-state index >= 15 is 0 Å². The molecule has 0 fully saturated rings. The fraction of sp³-hybridized carbons (Fsp3) is 0.222. The highest BCUT2D eigenvalue weighted by Gasteiger charge is 2.32. The summed E-state index contributed by atoms with van der Waals surface area (Å²) in [6.07, 6.45) is -4.77. The summed E-state index contributed by atoms with van der Waals surface area (Å²) in [5.41, 5.74) is 6.08. The van der Waals surface area contributed by atoms with E-state index in [0.717, 1.165) is 6.07 Å². The Balaban J connectivity index is 2.96. The summed E-state index contributed by atoms with van der Waals surface area (Å²) in [5.74, 6) is -0.463. The minimum Gasteiger partial charge on any atom is -0.404 e. The fourth-order valence-electron chi connectivity index (χ4n) is 1.01. The molecule has 0 saturated carbocycles. The number of rotatable bonds is 3. The van der Waals surface area contributed by atoms with E-state index in [4.69, 9.17) is 17.3 Å². The van der Waals surface area contributed by atoms with Crippen molar-refractivity contribution < 1.29 is 17.9 Å².